The van der Waals surface area contributed by atoms with E-state index in [0.717, 1.165) is 12.1 Å². The molecule has 1 heterocycles. The Kier molecular flexibility index (Phi) is 7.07. The molecule has 0 aliphatic carbocycles. The van der Waals surface area contributed by atoms with Gasteiger partial charge in [0.1, 0.15) is 0 Å². The fourth-order valence-electron chi connectivity index (χ4n) is 3.76. The minimum atomic E-state index is -4.53. The van der Waals surface area contributed by atoms with Crippen molar-refractivity contribution in [2.75, 3.05) is 36.4 Å². The van der Waals surface area contributed by atoms with Gasteiger partial charge in [-0.15, -0.1) is 0 Å². The fourth-order valence-corrected chi connectivity index (χ4v) is 5.41. The predicted molar refractivity (Wildman–Crippen MR) is 128 cm³/mol. The number of halogens is 4. The number of piperazine rings is 1. The van der Waals surface area contributed by atoms with Crippen molar-refractivity contribution in [2.24, 2.45) is 0 Å². The topological polar surface area (TPSA) is 69.7 Å². The second-order valence-electron chi connectivity index (χ2n) is 7.93. The SMILES string of the molecule is O=C(Nc1ccc(S(=O)(=O)N2CCN(c3cc(Cl)cc(C(F)(F)F)c3)CC2)cc1)c1ccccc1. The van der Waals surface area contributed by atoms with Crippen LogP contribution in [-0.4, -0.2) is 44.8 Å². The van der Waals surface area contributed by atoms with Gasteiger partial charge in [0.25, 0.3) is 5.91 Å². The Labute approximate surface area is 206 Å². The average molecular weight is 524 g/mol. The number of amides is 1. The second-order valence-corrected chi connectivity index (χ2v) is 10.3. The highest BCUT2D eigenvalue weighted by atomic mass is 35.5. The molecule has 1 aliphatic heterocycles. The summed E-state index contributed by atoms with van der Waals surface area (Å²) in [4.78, 5) is 14.0. The first-order valence-corrected chi connectivity index (χ1v) is 12.5. The van der Waals surface area contributed by atoms with Crippen molar-refractivity contribution in [3.63, 3.8) is 0 Å². The molecule has 0 atom stereocenters. The minimum Gasteiger partial charge on any atom is -0.369 e. The maximum Gasteiger partial charge on any atom is 0.416 e. The molecule has 0 spiro atoms. The highest BCUT2D eigenvalue weighted by molar-refractivity contribution is 7.89. The largest absolute Gasteiger partial charge is 0.416 e. The van der Waals surface area contributed by atoms with Crippen LogP contribution in [0.3, 0.4) is 0 Å². The van der Waals surface area contributed by atoms with Gasteiger partial charge in [-0.2, -0.15) is 17.5 Å². The smallest absolute Gasteiger partial charge is 0.369 e. The molecule has 4 rings (SSSR count). The van der Waals surface area contributed by atoms with Gasteiger partial charge >= 0.3 is 6.18 Å². The lowest BCUT2D eigenvalue weighted by Gasteiger charge is -2.35. The first-order chi connectivity index (χ1) is 16.5. The van der Waals surface area contributed by atoms with E-state index in [4.69, 9.17) is 11.6 Å². The highest BCUT2D eigenvalue weighted by Crippen LogP contribution is 2.35. The molecule has 1 fully saturated rings. The van der Waals surface area contributed by atoms with Gasteiger partial charge in [0, 0.05) is 48.1 Å². The lowest BCUT2D eigenvalue weighted by molar-refractivity contribution is -0.137. The van der Waals surface area contributed by atoms with Crippen molar-refractivity contribution < 1.29 is 26.4 Å². The van der Waals surface area contributed by atoms with Crippen molar-refractivity contribution >= 4 is 38.9 Å². The predicted octanol–water partition coefficient (Wildman–Crippen LogP) is 5.12. The Bertz CT molecular complexity index is 1310. The lowest BCUT2D eigenvalue weighted by Crippen LogP contribution is -2.48. The van der Waals surface area contributed by atoms with E-state index in [2.05, 4.69) is 5.32 Å². The number of alkyl halides is 3. The monoisotopic (exact) mass is 523 g/mol. The Hall–Kier alpha value is -3.08. The Morgan fingerprint density at radius 2 is 1.51 bits per heavy atom. The van der Waals surface area contributed by atoms with E-state index < -0.39 is 21.8 Å². The maximum atomic E-state index is 13.1. The molecule has 0 aromatic heterocycles. The standard InChI is InChI=1S/C24H21ClF3N3O3S/c25-19-14-18(24(26,27)28)15-21(16-19)30-10-12-31(13-11-30)35(33,34)22-8-6-20(7-9-22)29-23(32)17-4-2-1-3-5-17/h1-9,14-16H,10-13H2,(H,29,32). The van der Waals surface area contributed by atoms with Crippen LogP contribution in [0.1, 0.15) is 15.9 Å². The van der Waals surface area contributed by atoms with Crippen LogP contribution in [0.5, 0.6) is 0 Å². The van der Waals surface area contributed by atoms with Crippen molar-refractivity contribution in [1.29, 1.82) is 0 Å². The molecule has 184 valence electrons. The molecule has 11 heteroatoms. The summed E-state index contributed by atoms with van der Waals surface area (Å²) in [6.07, 6.45) is -4.53. The number of hydrogen-bond acceptors (Lipinski definition) is 4. The van der Waals surface area contributed by atoms with E-state index in [1.165, 1.54) is 34.6 Å². The first-order valence-electron chi connectivity index (χ1n) is 10.6. The Morgan fingerprint density at radius 1 is 0.886 bits per heavy atom. The van der Waals surface area contributed by atoms with Crippen LogP contribution in [0.25, 0.3) is 0 Å². The maximum absolute atomic E-state index is 13.1. The van der Waals surface area contributed by atoms with Crippen LogP contribution in [0.15, 0.2) is 77.7 Å². The number of nitrogens with one attached hydrogen (secondary N) is 1. The van der Waals surface area contributed by atoms with Crippen molar-refractivity contribution in [3.05, 3.63) is 88.9 Å². The molecule has 6 nitrogen and oxygen atoms in total. The quantitative estimate of drug-likeness (QED) is 0.504. The summed E-state index contributed by atoms with van der Waals surface area (Å²) < 4.78 is 66.8. The molecule has 1 saturated heterocycles. The third-order valence-electron chi connectivity index (χ3n) is 5.60. The van der Waals surface area contributed by atoms with Gasteiger partial charge in [0.05, 0.1) is 10.5 Å². The van der Waals surface area contributed by atoms with Gasteiger partial charge in [-0.25, -0.2) is 8.42 Å². The van der Waals surface area contributed by atoms with Crippen LogP contribution < -0.4 is 10.2 Å². The summed E-state index contributed by atoms with van der Waals surface area (Å²) in [5.74, 6) is -0.313. The third-order valence-corrected chi connectivity index (χ3v) is 7.73. The molecule has 1 aliphatic rings. The number of anilines is 2. The molecule has 0 radical (unpaired) electrons. The van der Waals surface area contributed by atoms with E-state index >= 15 is 0 Å². The second kappa shape index (κ2) is 9.88. The van der Waals surface area contributed by atoms with Crippen LogP contribution in [0.4, 0.5) is 24.5 Å². The fraction of sp³-hybridized carbons (Fsp3) is 0.208. The molecule has 1 N–H and O–H groups in total. The van der Waals surface area contributed by atoms with Crippen molar-refractivity contribution in [3.8, 4) is 0 Å². The molecule has 35 heavy (non-hydrogen) atoms. The van der Waals surface area contributed by atoms with Gasteiger partial charge in [0.2, 0.25) is 10.0 Å². The van der Waals surface area contributed by atoms with E-state index in [1.807, 2.05) is 0 Å². The summed E-state index contributed by atoms with van der Waals surface area (Å²) in [5.41, 5.74) is 0.364. The Morgan fingerprint density at radius 3 is 2.11 bits per heavy atom. The number of rotatable bonds is 5. The number of nitrogens with zero attached hydrogens (tertiary/aromatic N) is 2. The molecule has 3 aromatic rings. The van der Waals surface area contributed by atoms with Crippen LogP contribution in [-0.2, 0) is 16.2 Å². The molecule has 1 amide bonds. The average Bonchev–Trinajstić information content (AvgIpc) is 2.84. The zero-order chi connectivity index (χ0) is 25.2. The van der Waals surface area contributed by atoms with Gasteiger partial charge in [-0.1, -0.05) is 29.8 Å². The lowest BCUT2D eigenvalue weighted by atomic mass is 10.1. The van der Waals surface area contributed by atoms with E-state index in [0.29, 0.717) is 16.9 Å². The minimum absolute atomic E-state index is 0.0377. The molecule has 0 unspecified atom stereocenters. The normalized spacial score (nSPS) is 15.1. The number of hydrogen-bond donors (Lipinski definition) is 1. The van der Waals surface area contributed by atoms with Gasteiger partial charge in [-0.3, -0.25) is 4.79 Å². The highest BCUT2D eigenvalue weighted by Gasteiger charge is 2.33. The van der Waals surface area contributed by atoms with E-state index in [1.54, 1.807) is 35.2 Å². The molecular weight excluding hydrogens is 503 g/mol. The molecule has 0 saturated carbocycles. The zero-order valence-electron chi connectivity index (χ0n) is 18.3. The summed E-state index contributed by atoms with van der Waals surface area (Å²) in [5, 5.41) is 2.68. The third kappa shape index (κ3) is 5.77. The van der Waals surface area contributed by atoms with Crippen LogP contribution in [0.2, 0.25) is 5.02 Å². The zero-order valence-corrected chi connectivity index (χ0v) is 19.9. The van der Waals surface area contributed by atoms with Crippen LogP contribution >= 0.6 is 11.6 Å². The molecule has 0 bridgehead atoms. The first kappa shape index (κ1) is 25.0. The number of sulfonamides is 1. The Balaban J connectivity index is 1.42. The number of benzene rings is 3. The van der Waals surface area contributed by atoms with Crippen LogP contribution in [0, 0.1) is 0 Å². The van der Waals surface area contributed by atoms with Gasteiger partial charge in [-0.05, 0) is 54.6 Å². The number of carbonyl (C=O) groups is 1. The summed E-state index contributed by atoms with van der Waals surface area (Å²) in [6.45, 7) is 0.621. The summed E-state index contributed by atoms with van der Waals surface area (Å²) in [6, 6.07) is 17.8. The number of carbonyl (C=O) groups excluding carboxylic acids is 1. The summed E-state index contributed by atoms with van der Waals surface area (Å²) in [7, 11) is -3.82. The van der Waals surface area contributed by atoms with Gasteiger partial charge in [0.15, 0.2) is 0 Å². The van der Waals surface area contributed by atoms with E-state index in [-0.39, 0.29) is 42.0 Å². The van der Waals surface area contributed by atoms with Gasteiger partial charge < -0.3 is 10.2 Å². The summed E-state index contributed by atoms with van der Waals surface area (Å²) >= 11 is 5.88. The van der Waals surface area contributed by atoms with Crippen molar-refractivity contribution in [2.45, 2.75) is 11.1 Å². The molecule has 3 aromatic carbocycles. The van der Waals surface area contributed by atoms with E-state index in [9.17, 15) is 26.4 Å². The molecular formula is C24H21ClF3N3O3S. The van der Waals surface area contributed by atoms with Crippen molar-refractivity contribution in [1.82, 2.24) is 4.31 Å².